The lowest BCUT2D eigenvalue weighted by atomic mass is 10.1. The molecule has 0 aromatic rings. The molecule has 734 valence electrons. The fraction of sp³-hybridized carbons (Fsp3) is 0.943. The van der Waals surface area contributed by atoms with Crippen LogP contribution in [0.4, 0.5) is 0 Å². The summed E-state index contributed by atoms with van der Waals surface area (Å²) in [6.07, 6.45) is 75.1. The van der Waals surface area contributed by atoms with E-state index in [2.05, 4.69) is 97.0 Å². The number of nitrogens with zero attached hydrogens (tertiary/aromatic N) is 7. The highest BCUT2D eigenvalue weighted by atomic mass is 16.6. The molecule has 0 bridgehead atoms. The molecule has 0 saturated carbocycles. The average molecular weight is 1760 g/mol. The van der Waals surface area contributed by atoms with Gasteiger partial charge < -0.3 is 57.8 Å². The summed E-state index contributed by atoms with van der Waals surface area (Å²) < 4.78 is 34.8. The van der Waals surface area contributed by atoms with Crippen molar-refractivity contribution in [3.63, 3.8) is 0 Å². The third-order valence-electron chi connectivity index (χ3n) is 25.1. The quantitative estimate of drug-likeness (QED) is 0.0318. The summed E-state index contributed by atoms with van der Waals surface area (Å²) in [6.45, 7) is 28.5. The van der Waals surface area contributed by atoms with E-state index >= 15 is 0 Å². The first-order chi connectivity index (χ1) is 60.7. The van der Waals surface area contributed by atoms with Gasteiger partial charge in [-0.2, -0.15) is 0 Å². The molecular weight excluding hydrogens is 1550 g/mol. The highest BCUT2D eigenvalue weighted by molar-refractivity contribution is 5.71. The van der Waals surface area contributed by atoms with Crippen molar-refractivity contribution in [1.82, 2.24) is 34.3 Å². The fourth-order valence-corrected chi connectivity index (χ4v) is 16.1. The van der Waals surface area contributed by atoms with E-state index in [1.54, 1.807) is 0 Å². The first-order valence-corrected chi connectivity index (χ1v) is 53.6. The number of unbranched alkanes of at least 4 members (excludes halogenated alkanes) is 54. The Morgan fingerprint density at radius 3 is 0.371 bits per heavy atom. The predicted octanol–water partition coefficient (Wildman–Crippen LogP) is 25.1. The highest BCUT2D eigenvalue weighted by Gasteiger charge is 2.20. The second-order valence-corrected chi connectivity index (χ2v) is 37.2. The van der Waals surface area contributed by atoms with Gasteiger partial charge in [0.1, 0.15) is 0 Å². The van der Waals surface area contributed by atoms with E-state index in [-0.39, 0.29) is 74.3 Å². The van der Waals surface area contributed by atoms with Gasteiger partial charge in [0.25, 0.3) is 0 Å². The second kappa shape index (κ2) is 97.1. The van der Waals surface area contributed by atoms with Crippen molar-refractivity contribution >= 4 is 35.8 Å². The van der Waals surface area contributed by atoms with Gasteiger partial charge in [-0.25, -0.2) is 0 Å². The summed E-state index contributed by atoms with van der Waals surface area (Å²) in [5.41, 5.74) is 0. The zero-order valence-corrected chi connectivity index (χ0v) is 83.7. The molecule has 0 N–H and O–H groups in total. The van der Waals surface area contributed by atoms with Crippen LogP contribution in [0, 0.1) is 0 Å². The second-order valence-electron chi connectivity index (χ2n) is 37.2. The first kappa shape index (κ1) is 121. The molecule has 0 aromatic carbocycles. The van der Waals surface area contributed by atoms with Crippen LogP contribution < -0.4 is 0 Å². The topological polar surface area (TPSA) is 180 Å². The molecular formula is C105H207N7O12. The fourth-order valence-electron chi connectivity index (χ4n) is 16.1. The first-order valence-electron chi connectivity index (χ1n) is 53.6. The zero-order chi connectivity index (χ0) is 90.4. The molecule has 0 amide bonds. The van der Waals surface area contributed by atoms with Crippen molar-refractivity contribution in [2.24, 2.45) is 0 Å². The van der Waals surface area contributed by atoms with Crippen molar-refractivity contribution in [2.75, 3.05) is 179 Å². The van der Waals surface area contributed by atoms with E-state index in [4.69, 9.17) is 28.4 Å². The molecule has 0 spiro atoms. The van der Waals surface area contributed by atoms with Gasteiger partial charge >= 0.3 is 35.8 Å². The van der Waals surface area contributed by atoms with Crippen LogP contribution in [0.3, 0.4) is 0 Å². The van der Waals surface area contributed by atoms with E-state index in [0.29, 0.717) is 98.5 Å². The van der Waals surface area contributed by atoms with Gasteiger partial charge in [-0.1, -0.05) is 388 Å². The molecule has 0 heterocycles. The van der Waals surface area contributed by atoms with E-state index in [1.165, 1.54) is 308 Å². The number of hydrogen-bond donors (Lipinski definition) is 0. The Labute approximate surface area is 767 Å². The maximum Gasteiger partial charge on any atom is 0.307 e. The molecule has 0 unspecified atom stereocenters. The number of ether oxygens (including phenoxy) is 6. The Balaban J connectivity index is 6.57. The van der Waals surface area contributed by atoms with Crippen LogP contribution in [0.25, 0.3) is 0 Å². The van der Waals surface area contributed by atoms with Crippen molar-refractivity contribution < 1.29 is 57.2 Å². The lowest BCUT2D eigenvalue weighted by molar-refractivity contribution is -0.146. The van der Waals surface area contributed by atoms with Crippen molar-refractivity contribution in [3.8, 4) is 0 Å². The maximum atomic E-state index is 13.3. The van der Waals surface area contributed by atoms with Crippen LogP contribution in [-0.4, -0.2) is 249 Å². The van der Waals surface area contributed by atoms with Crippen LogP contribution in [-0.2, 0) is 57.2 Å². The predicted molar refractivity (Wildman–Crippen MR) is 523 cm³/mol. The minimum Gasteiger partial charge on any atom is -0.466 e. The smallest absolute Gasteiger partial charge is 0.307 e. The molecule has 0 aromatic heterocycles. The summed E-state index contributed by atoms with van der Waals surface area (Å²) in [5.74, 6) is -1.10. The summed E-state index contributed by atoms with van der Waals surface area (Å²) in [4.78, 5) is 96.2. The third-order valence-corrected chi connectivity index (χ3v) is 25.1. The van der Waals surface area contributed by atoms with Gasteiger partial charge in [0.2, 0.25) is 0 Å². The summed E-state index contributed by atoms with van der Waals surface area (Å²) >= 11 is 0. The average Bonchev–Trinajstić information content (AvgIpc) is 0.935. The van der Waals surface area contributed by atoms with Gasteiger partial charge in [0.05, 0.1) is 78.2 Å². The standard InChI is InChI=1S/C105H207N7O12/c1-10-16-22-28-34-40-46-52-58-64-94-119-100(113)70-76-109(77-71-101(114)120-95-65-59-53-47-41-35-29-23-17-11-2)88-82-106(7)85-91-112(92-86-107(8)83-89-110(78-72-102(115)121-96-66-60-54-48-42-36-30-24-18-12-3)79-73-103(116)122-97-67-61-55-49-43-37-31-25-19-13-4)93-87-108(9)84-90-111(80-74-104(117)123-98-68-62-56-50-44-38-32-26-20-14-5)81-75-105(118)124-99-69-63-57-51-45-39-33-27-21-15-6/h10-99H2,1-9H3. The normalized spacial score (nSPS) is 11.8. The number of hydrogen-bond acceptors (Lipinski definition) is 19. The van der Waals surface area contributed by atoms with Crippen LogP contribution in [0.15, 0.2) is 0 Å². The zero-order valence-electron chi connectivity index (χ0n) is 83.7. The Hall–Kier alpha value is -3.46. The Bertz CT molecular complexity index is 1920. The van der Waals surface area contributed by atoms with E-state index in [1.807, 2.05) is 0 Å². The maximum absolute atomic E-state index is 13.3. The van der Waals surface area contributed by atoms with Gasteiger partial charge in [-0.15, -0.1) is 0 Å². The molecule has 0 radical (unpaired) electrons. The monoisotopic (exact) mass is 1760 g/mol. The van der Waals surface area contributed by atoms with Gasteiger partial charge in [0.15, 0.2) is 0 Å². The Morgan fingerprint density at radius 2 is 0.250 bits per heavy atom. The SMILES string of the molecule is CCCCCCCCCCCCOC(=O)CCN(CCC(=O)OCCCCCCCCCCCC)CCN(C)CCN(CCN(C)CCN(CCC(=O)OCCCCCCCCCCCC)CCC(=O)OCCCCCCCCCCCC)CCN(C)CCN(CCC(=O)OCCCCCCCCCCCC)CCC(=O)OCCCCCCCCCCCC. The molecule has 19 nitrogen and oxygen atoms in total. The van der Waals surface area contributed by atoms with Gasteiger partial charge in [-0.05, 0) is 59.7 Å². The Morgan fingerprint density at radius 1 is 0.145 bits per heavy atom. The van der Waals surface area contributed by atoms with Crippen LogP contribution in [0.2, 0.25) is 0 Å². The molecule has 0 aliphatic heterocycles. The molecule has 0 aliphatic rings. The minimum absolute atomic E-state index is 0.183. The van der Waals surface area contributed by atoms with Crippen LogP contribution in [0.5, 0.6) is 0 Å². The summed E-state index contributed by atoms with van der Waals surface area (Å²) in [7, 11) is 6.51. The number of esters is 6. The van der Waals surface area contributed by atoms with Crippen molar-refractivity contribution in [2.45, 2.75) is 465 Å². The van der Waals surface area contributed by atoms with Crippen molar-refractivity contribution in [1.29, 1.82) is 0 Å². The van der Waals surface area contributed by atoms with Gasteiger partial charge in [-0.3, -0.25) is 33.7 Å². The number of likely N-dealkylation sites (N-methyl/N-ethyl adjacent to an activating group) is 3. The highest BCUT2D eigenvalue weighted by Crippen LogP contribution is 2.19. The molecule has 0 fully saturated rings. The van der Waals surface area contributed by atoms with Gasteiger partial charge in [0, 0.05) is 118 Å². The van der Waals surface area contributed by atoms with E-state index in [9.17, 15) is 28.8 Å². The molecule has 0 saturated heterocycles. The van der Waals surface area contributed by atoms with E-state index < -0.39 is 0 Å². The summed E-state index contributed by atoms with van der Waals surface area (Å²) in [5, 5.41) is 0. The lowest BCUT2D eigenvalue weighted by Gasteiger charge is -2.31. The number of carbonyl (C=O) groups is 6. The lowest BCUT2D eigenvalue weighted by Crippen LogP contribution is -2.44. The third kappa shape index (κ3) is 90.5. The van der Waals surface area contributed by atoms with Crippen molar-refractivity contribution in [3.05, 3.63) is 0 Å². The number of carbonyl (C=O) groups excluding carboxylic acids is 6. The molecule has 0 rings (SSSR count). The van der Waals surface area contributed by atoms with Crippen LogP contribution in [0.1, 0.15) is 465 Å². The van der Waals surface area contributed by atoms with E-state index in [0.717, 1.165) is 136 Å². The molecule has 19 heteroatoms. The summed E-state index contributed by atoms with van der Waals surface area (Å²) in [6, 6.07) is 0. The molecule has 124 heavy (non-hydrogen) atoms. The molecule has 0 atom stereocenters. The number of rotatable bonds is 102. The Kier molecular flexibility index (Phi) is 94.4. The minimum atomic E-state index is -0.183. The largest absolute Gasteiger partial charge is 0.466 e. The van der Waals surface area contributed by atoms with Crippen LogP contribution >= 0.6 is 0 Å². The molecule has 0 aliphatic carbocycles.